The molecule has 3 rings (SSSR count). The molecule has 0 aliphatic carbocycles. The number of hydrogen-bond donors (Lipinski definition) is 1. The molecule has 0 radical (unpaired) electrons. The molecular weight excluding hydrogens is 420 g/mol. The fourth-order valence-corrected chi connectivity index (χ4v) is 3.89. The van der Waals surface area contributed by atoms with Crippen molar-refractivity contribution in [1.29, 1.82) is 0 Å². The molecule has 1 aromatic heterocycles. The Labute approximate surface area is 185 Å². The normalized spacial score (nSPS) is 10.5. The molecule has 156 valence electrons. The summed E-state index contributed by atoms with van der Waals surface area (Å²) in [6.45, 7) is 0.456. The van der Waals surface area contributed by atoms with Crippen LogP contribution in [0, 0.1) is 0 Å². The van der Waals surface area contributed by atoms with Crippen LogP contribution >= 0.6 is 23.4 Å². The second-order valence-corrected chi connectivity index (χ2v) is 8.10. The smallest absolute Gasteiger partial charge is 0.344 e. The van der Waals surface area contributed by atoms with Crippen molar-refractivity contribution < 1.29 is 9.53 Å². The molecule has 0 saturated heterocycles. The molecule has 0 amide bonds. The Bertz CT molecular complexity index is 1020. The van der Waals surface area contributed by atoms with Gasteiger partial charge in [0.15, 0.2) is 0 Å². The van der Waals surface area contributed by atoms with Crippen LogP contribution < -0.4 is 10.2 Å². The minimum absolute atomic E-state index is 0.325. The van der Waals surface area contributed by atoms with Crippen LogP contribution in [0.3, 0.4) is 0 Å². The molecule has 0 bridgehead atoms. The Balaban J connectivity index is 1.95. The Morgan fingerprint density at radius 1 is 1.10 bits per heavy atom. The van der Waals surface area contributed by atoms with Gasteiger partial charge in [-0.25, -0.2) is 9.78 Å². The van der Waals surface area contributed by atoms with Gasteiger partial charge >= 0.3 is 5.97 Å². The van der Waals surface area contributed by atoms with Crippen molar-refractivity contribution in [2.75, 3.05) is 31.4 Å². The van der Waals surface area contributed by atoms with E-state index in [-0.39, 0.29) is 0 Å². The van der Waals surface area contributed by atoms with E-state index < -0.39 is 5.97 Å². The molecule has 2 aromatic carbocycles. The van der Waals surface area contributed by atoms with E-state index in [4.69, 9.17) is 16.3 Å². The molecule has 3 aromatic rings. The summed E-state index contributed by atoms with van der Waals surface area (Å²) < 4.78 is 5.03. The van der Waals surface area contributed by atoms with Gasteiger partial charge in [0.05, 0.1) is 7.11 Å². The van der Waals surface area contributed by atoms with Crippen LogP contribution in [-0.2, 0) is 17.0 Å². The number of ether oxygens (including phenoxy) is 1. The minimum atomic E-state index is -0.482. The van der Waals surface area contributed by atoms with Crippen molar-refractivity contribution >= 4 is 41.1 Å². The molecule has 1 N–H and O–H groups in total. The number of halogens is 1. The highest BCUT2D eigenvalue weighted by Gasteiger charge is 2.23. The SMILES string of the molecule is COC(=O)c1c(NCc2cccc(Cl)c2)nc(N(C)C)nc1SCc1ccccc1. The van der Waals surface area contributed by atoms with E-state index in [9.17, 15) is 4.79 Å². The number of esters is 1. The van der Waals surface area contributed by atoms with Crippen molar-refractivity contribution in [3.05, 3.63) is 76.3 Å². The van der Waals surface area contributed by atoms with Crippen molar-refractivity contribution in [3.63, 3.8) is 0 Å². The lowest BCUT2D eigenvalue weighted by Gasteiger charge is -2.18. The Morgan fingerprint density at radius 3 is 2.50 bits per heavy atom. The number of benzene rings is 2. The fraction of sp³-hybridized carbons (Fsp3) is 0.227. The second-order valence-electron chi connectivity index (χ2n) is 6.70. The first-order chi connectivity index (χ1) is 14.5. The van der Waals surface area contributed by atoms with Crippen LogP contribution in [0.5, 0.6) is 0 Å². The molecule has 1 heterocycles. The number of carbonyl (C=O) groups is 1. The number of hydrogen-bond acceptors (Lipinski definition) is 7. The molecule has 0 unspecified atom stereocenters. The average Bonchev–Trinajstić information content (AvgIpc) is 2.76. The maximum atomic E-state index is 12.6. The standard InChI is InChI=1S/C22H23ClN4O2S/c1-27(2)22-25-19(24-13-16-10-7-11-17(23)12-16)18(21(28)29-3)20(26-22)30-14-15-8-5-4-6-9-15/h4-12H,13-14H2,1-3H3,(H,24,25,26). The number of carbonyl (C=O) groups excluding carboxylic acids is 1. The molecule has 8 heteroatoms. The first kappa shape index (κ1) is 21.9. The van der Waals surface area contributed by atoms with Gasteiger partial charge in [-0.15, -0.1) is 11.8 Å². The Hall–Kier alpha value is -2.77. The number of nitrogens with one attached hydrogen (secondary N) is 1. The van der Waals surface area contributed by atoms with E-state index >= 15 is 0 Å². The van der Waals surface area contributed by atoms with Crippen LogP contribution in [0.15, 0.2) is 59.6 Å². The summed E-state index contributed by atoms with van der Waals surface area (Å²) in [5.74, 6) is 1.12. The summed E-state index contributed by atoms with van der Waals surface area (Å²) in [6.07, 6.45) is 0. The molecular formula is C22H23ClN4O2S. The molecule has 0 fully saturated rings. The van der Waals surface area contributed by atoms with E-state index in [2.05, 4.69) is 15.3 Å². The molecule has 30 heavy (non-hydrogen) atoms. The summed E-state index contributed by atoms with van der Waals surface area (Å²) in [5, 5.41) is 4.47. The molecule has 0 atom stereocenters. The highest BCUT2D eigenvalue weighted by atomic mass is 35.5. The minimum Gasteiger partial charge on any atom is -0.465 e. The summed E-state index contributed by atoms with van der Waals surface area (Å²) in [5.41, 5.74) is 2.43. The zero-order valence-electron chi connectivity index (χ0n) is 17.1. The fourth-order valence-electron chi connectivity index (χ4n) is 2.71. The highest BCUT2D eigenvalue weighted by molar-refractivity contribution is 7.98. The quantitative estimate of drug-likeness (QED) is 0.302. The number of nitrogens with zero attached hydrogens (tertiary/aromatic N) is 3. The summed E-state index contributed by atoms with van der Waals surface area (Å²) >= 11 is 7.56. The number of aromatic nitrogens is 2. The molecule has 0 saturated carbocycles. The van der Waals surface area contributed by atoms with Gasteiger partial charge in [-0.05, 0) is 23.3 Å². The number of thioether (sulfide) groups is 1. The predicted molar refractivity (Wildman–Crippen MR) is 122 cm³/mol. The summed E-state index contributed by atoms with van der Waals surface area (Å²) in [7, 11) is 5.08. The van der Waals surface area contributed by atoms with E-state index in [0.29, 0.717) is 39.7 Å². The van der Waals surface area contributed by atoms with Gasteiger partial charge in [-0.2, -0.15) is 4.98 Å². The molecule has 6 nitrogen and oxygen atoms in total. The first-order valence-electron chi connectivity index (χ1n) is 9.30. The van der Waals surface area contributed by atoms with Crippen molar-refractivity contribution in [1.82, 2.24) is 9.97 Å². The van der Waals surface area contributed by atoms with Crippen LogP contribution in [0.4, 0.5) is 11.8 Å². The van der Waals surface area contributed by atoms with Crippen LogP contribution in [0.25, 0.3) is 0 Å². The van der Waals surface area contributed by atoms with Gasteiger partial charge in [0.25, 0.3) is 0 Å². The van der Waals surface area contributed by atoms with Gasteiger partial charge in [0.1, 0.15) is 16.4 Å². The monoisotopic (exact) mass is 442 g/mol. The third-order valence-corrected chi connectivity index (χ3v) is 5.50. The van der Waals surface area contributed by atoms with E-state index in [0.717, 1.165) is 11.1 Å². The van der Waals surface area contributed by atoms with Crippen LogP contribution in [-0.4, -0.2) is 37.1 Å². The van der Waals surface area contributed by atoms with E-state index in [1.165, 1.54) is 18.9 Å². The van der Waals surface area contributed by atoms with Crippen LogP contribution in [0.1, 0.15) is 21.5 Å². The maximum absolute atomic E-state index is 12.6. The molecule has 0 aliphatic heterocycles. The van der Waals surface area contributed by atoms with Gasteiger partial charge in [-0.1, -0.05) is 54.1 Å². The third-order valence-electron chi connectivity index (χ3n) is 4.22. The van der Waals surface area contributed by atoms with Crippen molar-refractivity contribution in [2.24, 2.45) is 0 Å². The summed E-state index contributed by atoms with van der Waals surface area (Å²) in [4.78, 5) is 23.6. The lowest BCUT2D eigenvalue weighted by atomic mass is 10.2. The Kier molecular flexibility index (Phi) is 7.54. The van der Waals surface area contributed by atoms with Gasteiger partial charge in [0, 0.05) is 31.4 Å². The van der Waals surface area contributed by atoms with Gasteiger partial charge < -0.3 is 15.0 Å². The predicted octanol–water partition coefficient (Wildman–Crippen LogP) is 4.89. The zero-order valence-corrected chi connectivity index (χ0v) is 18.6. The lowest BCUT2D eigenvalue weighted by Crippen LogP contribution is -2.18. The van der Waals surface area contributed by atoms with Crippen LogP contribution in [0.2, 0.25) is 5.02 Å². The number of rotatable bonds is 8. The van der Waals surface area contributed by atoms with Crippen molar-refractivity contribution in [2.45, 2.75) is 17.3 Å². The highest BCUT2D eigenvalue weighted by Crippen LogP contribution is 2.31. The van der Waals surface area contributed by atoms with E-state index in [1.54, 1.807) is 4.90 Å². The number of anilines is 2. The van der Waals surface area contributed by atoms with Crippen molar-refractivity contribution in [3.8, 4) is 0 Å². The second kappa shape index (κ2) is 10.3. The lowest BCUT2D eigenvalue weighted by molar-refractivity contribution is 0.0596. The molecule has 0 aliphatic rings. The summed E-state index contributed by atoms with van der Waals surface area (Å²) in [6, 6.07) is 17.5. The average molecular weight is 443 g/mol. The maximum Gasteiger partial charge on any atom is 0.344 e. The zero-order chi connectivity index (χ0) is 21.5. The van der Waals surface area contributed by atoms with Gasteiger partial charge in [0.2, 0.25) is 5.95 Å². The largest absolute Gasteiger partial charge is 0.465 e. The third kappa shape index (κ3) is 5.64. The Morgan fingerprint density at radius 2 is 1.83 bits per heavy atom. The topological polar surface area (TPSA) is 67.3 Å². The van der Waals surface area contributed by atoms with E-state index in [1.807, 2.05) is 68.7 Å². The first-order valence-corrected chi connectivity index (χ1v) is 10.7. The van der Waals surface area contributed by atoms with Gasteiger partial charge in [-0.3, -0.25) is 0 Å². The number of methoxy groups -OCH3 is 1. The molecule has 0 spiro atoms.